The summed E-state index contributed by atoms with van der Waals surface area (Å²) >= 11 is 0. The Morgan fingerprint density at radius 3 is 1.50 bits per heavy atom. The molecule has 0 amide bonds. The molecule has 0 aromatic heterocycles. The molecular weight excluding hydrogens is 128 g/mol. The van der Waals surface area contributed by atoms with E-state index in [0.29, 0.717) is 12.8 Å². The Hall–Kier alpha value is -0.520. The third-order valence-electron chi connectivity index (χ3n) is 1.19. The molecule has 0 rings (SSSR count). The number of hydrogen-bond acceptors (Lipinski definition) is 2. The van der Waals surface area contributed by atoms with Gasteiger partial charge >= 0.3 is 0 Å². The van der Waals surface area contributed by atoms with Crippen LogP contribution < -0.4 is 0 Å². The van der Waals surface area contributed by atoms with Gasteiger partial charge in [0.2, 0.25) is 0 Å². The zero-order valence-electron chi connectivity index (χ0n) is 6.46. The first-order valence-electron chi connectivity index (χ1n) is 3.57. The van der Waals surface area contributed by atoms with Crippen LogP contribution in [0.1, 0.15) is 26.7 Å². The van der Waals surface area contributed by atoms with Crippen LogP contribution in [0.5, 0.6) is 0 Å². The van der Waals surface area contributed by atoms with Crippen molar-refractivity contribution in [3.63, 3.8) is 0 Å². The number of hydrogen-bond donors (Lipinski definition) is 2. The molecule has 0 aliphatic heterocycles. The lowest BCUT2D eigenvalue weighted by Crippen LogP contribution is -2.04. The minimum absolute atomic E-state index is 0.582. The molecule has 58 valence electrons. The molecule has 0 spiro atoms. The van der Waals surface area contributed by atoms with Crippen LogP contribution in [-0.4, -0.2) is 22.4 Å². The normalized spacial score (nSPS) is 15.2. The SMILES string of the molecule is CC[C@@H](O)C#C[C@H](O)CC. The Kier molecular flexibility index (Phi) is 5.00. The van der Waals surface area contributed by atoms with E-state index in [4.69, 9.17) is 10.2 Å². The molecule has 2 nitrogen and oxygen atoms in total. The Morgan fingerprint density at radius 1 is 1.00 bits per heavy atom. The average molecular weight is 142 g/mol. The van der Waals surface area contributed by atoms with Gasteiger partial charge < -0.3 is 10.2 Å². The maximum absolute atomic E-state index is 8.92. The van der Waals surface area contributed by atoms with E-state index in [1.54, 1.807) is 0 Å². The van der Waals surface area contributed by atoms with E-state index >= 15 is 0 Å². The molecule has 2 N–H and O–H groups in total. The highest BCUT2D eigenvalue weighted by molar-refractivity contribution is 5.08. The summed E-state index contributed by atoms with van der Waals surface area (Å²) in [5.41, 5.74) is 0. The van der Waals surface area contributed by atoms with Crippen LogP contribution in [0.15, 0.2) is 0 Å². The fourth-order valence-corrected chi connectivity index (χ4v) is 0.397. The fraction of sp³-hybridized carbons (Fsp3) is 0.750. The second kappa shape index (κ2) is 5.28. The Morgan fingerprint density at radius 2 is 1.30 bits per heavy atom. The van der Waals surface area contributed by atoms with Crippen LogP contribution in [0.25, 0.3) is 0 Å². The van der Waals surface area contributed by atoms with E-state index < -0.39 is 12.2 Å². The predicted octanol–water partition coefficient (Wildman–Crippen LogP) is 0.532. The molecule has 0 heterocycles. The Bertz CT molecular complexity index is 118. The molecule has 0 unspecified atom stereocenters. The van der Waals surface area contributed by atoms with Crippen molar-refractivity contribution in [2.75, 3.05) is 0 Å². The Labute approximate surface area is 61.9 Å². The molecule has 0 fully saturated rings. The predicted molar refractivity (Wildman–Crippen MR) is 40.4 cm³/mol. The van der Waals surface area contributed by atoms with Crippen molar-refractivity contribution in [2.24, 2.45) is 0 Å². The van der Waals surface area contributed by atoms with E-state index in [1.165, 1.54) is 0 Å². The second-order valence-corrected chi connectivity index (χ2v) is 2.14. The van der Waals surface area contributed by atoms with Crippen LogP contribution in [0.2, 0.25) is 0 Å². The van der Waals surface area contributed by atoms with Gasteiger partial charge in [0.1, 0.15) is 12.2 Å². The van der Waals surface area contributed by atoms with Gasteiger partial charge in [-0.1, -0.05) is 25.7 Å². The van der Waals surface area contributed by atoms with Gasteiger partial charge in [-0.2, -0.15) is 0 Å². The summed E-state index contributed by atoms with van der Waals surface area (Å²) < 4.78 is 0. The van der Waals surface area contributed by atoms with Gasteiger partial charge in [-0.25, -0.2) is 0 Å². The molecule has 0 aliphatic rings. The van der Waals surface area contributed by atoms with E-state index in [2.05, 4.69) is 11.8 Å². The van der Waals surface area contributed by atoms with Gasteiger partial charge in [0.05, 0.1) is 0 Å². The van der Waals surface area contributed by atoms with E-state index in [1.807, 2.05) is 13.8 Å². The molecule has 2 atom stereocenters. The lowest BCUT2D eigenvalue weighted by Gasteiger charge is -1.97. The molecule has 0 aromatic rings. The number of aliphatic hydroxyl groups excluding tert-OH is 2. The van der Waals surface area contributed by atoms with Crippen molar-refractivity contribution in [1.82, 2.24) is 0 Å². The minimum atomic E-state index is -0.582. The monoisotopic (exact) mass is 142 g/mol. The van der Waals surface area contributed by atoms with Crippen LogP contribution in [0.4, 0.5) is 0 Å². The summed E-state index contributed by atoms with van der Waals surface area (Å²) in [6, 6.07) is 0. The minimum Gasteiger partial charge on any atom is -0.380 e. The molecule has 0 saturated heterocycles. The molecule has 0 saturated carbocycles. The summed E-state index contributed by atoms with van der Waals surface area (Å²) in [4.78, 5) is 0. The highest BCUT2D eigenvalue weighted by Crippen LogP contribution is 1.89. The quantitative estimate of drug-likeness (QED) is 0.552. The van der Waals surface area contributed by atoms with Gasteiger partial charge in [0.15, 0.2) is 0 Å². The van der Waals surface area contributed by atoms with Crippen molar-refractivity contribution < 1.29 is 10.2 Å². The van der Waals surface area contributed by atoms with E-state index in [0.717, 1.165) is 0 Å². The molecule has 0 aromatic carbocycles. The summed E-state index contributed by atoms with van der Waals surface area (Å²) in [6.07, 6.45) is 0.0646. The highest BCUT2D eigenvalue weighted by atomic mass is 16.3. The van der Waals surface area contributed by atoms with Crippen LogP contribution in [0, 0.1) is 11.8 Å². The van der Waals surface area contributed by atoms with E-state index in [-0.39, 0.29) is 0 Å². The van der Waals surface area contributed by atoms with Gasteiger partial charge in [0.25, 0.3) is 0 Å². The summed E-state index contributed by atoms with van der Waals surface area (Å²) in [5, 5.41) is 17.8. The largest absolute Gasteiger partial charge is 0.380 e. The van der Waals surface area contributed by atoms with Crippen molar-refractivity contribution in [2.45, 2.75) is 38.9 Å². The maximum Gasteiger partial charge on any atom is 0.114 e. The van der Waals surface area contributed by atoms with Crippen molar-refractivity contribution in [1.29, 1.82) is 0 Å². The smallest absolute Gasteiger partial charge is 0.114 e. The number of aliphatic hydroxyl groups is 2. The molecule has 2 heteroatoms. The highest BCUT2D eigenvalue weighted by Gasteiger charge is 1.94. The topological polar surface area (TPSA) is 40.5 Å². The van der Waals surface area contributed by atoms with Crippen molar-refractivity contribution >= 4 is 0 Å². The van der Waals surface area contributed by atoms with Gasteiger partial charge in [0, 0.05) is 0 Å². The van der Waals surface area contributed by atoms with Crippen LogP contribution in [0.3, 0.4) is 0 Å². The van der Waals surface area contributed by atoms with Crippen LogP contribution >= 0.6 is 0 Å². The first-order valence-corrected chi connectivity index (χ1v) is 3.57. The average Bonchev–Trinajstić information content (AvgIpc) is 1.99. The molecule has 0 bridgehead atoms. The third kappa shape index (κ3) is 4.37. The molecular formula is C8H14O2. The van der Waals surface area contributed by atoms with Crippen LogP contribution in [-0.2, 0) is 0 Å². The third-order valence-corrected chi connectivity index (χ3v) is 1.19. The fourth-order valence-electron chi connectivity index (χ4n) is 0.397. The van der Waals surface area contributed by atoms with E-state index in [9.17, 15) is 0 Å². The molecule has 0 radical (unpaired) electrons. The van der Waals surface area contributed by atoms with Crippen molar-refractivity contribution in [3.05, 3.63) is 0 Å². The Balaban J connectivity index is 3.66. The lowest BCUT2D eigenvalue weighted by molar-refractivity contribution is 0.218. The van der Waals surface area contributed by atoms with Gasteiger partial charge in [-0.3, -0.25) is 0 Å². The second-order valence-electron chi connectivity index (χ2n) is 2.14. The van der Waals surface area contributed by atoms with Crippen molar-refractivity contribution in [3.8, 4) is 11.8 Å². The first kappa shape index (κ1) is 9.48. The number of rotatable bonds is 2. The van der Waals surface area contributed by atoms with Gasteiger partial charge in [-0.15, -0.1) is 0 Å². The zero-order chi connectivity index (χ0) is 7.98. The first-order chi connectivity index (χ1) is 4.70. The zero-order valence-corrected chi connectivity index (χ0v) is 6.46. The molecule has 0 aliphatic carbocycles. The summed E-state index contributed by atoms with van der Waals surface area (Å²) in [5.74, 6) is 5.08. The lowest BCUT2D eigenvalue weighted by atomic mass is 10.2. The summed E-state index contributed by atoms with van der Waals surface area (Å²) in [6.45, 7) is 3.69. The standard InChI is InChI=1S/C8H14O2/c1-3-7(9)5-6-8(10)4-2/h7-10H,3-4H2,1-2H3/t7-,8-/m1/s1. The molecule has 10 heavy (non-hydrogen) atoms. The van der Waals surface area contributed by atoms with Gasteiger partial charge in [-0.05, 0) is 12.8 Å². The maximum atomic E-state index is 8.92. The summed E-state index contributed by atoms with van der Waals surface area (Å²) in [7, 11) is 0.